The molecular weight excluding hydrogens is 286 g/mol. The van der Waals surface area contributed by atoms with Crippen LogP contribution in [0, 0.1) is 0 Å². The van der Waals surface area contributed by atoms with Crippen molar-refractivity contribution in [1.29, 1.82) is 0 Å². The lowest BCUT2D eigenvalue weighted by Crippen LogP contribution is -2.37. The molecule has 1 aromatic heterocycles. The fourth-order valence-corrected chi connectivity index (χ4v) is 2.44. The molecule has 0 radical (unpaired) electrons. The van der Waals surface area contributed by atoms with Gasteiger partial charge < -0.3 is 10.4 Å². The van der Waals surface area contributed by atoms with Gasteiger partial charge in [-0.2, -0.15) is 5.10 Å². The maximum Gasteiger partial charge on any atom is 0.102 e. The topological polar surface area (TPSA) is 50.1 Å². The quantitative estimate of drug-likeness (QED) is 0.862. The van der Waals surface area contributed by atoms with Crippen LogP contribution < -0.4 is 5.32 Å². The lowest BCUT2D eigenvalue weighted by Gasteiger charge is -2.26. The van der Waals surface area contributed by atoms with Gasteiger partial charge in [-0.25, -0.2) is 0 Å². The van der Waals surface area contributed by atoms with Crippen molar-refractivity contribution in [2.45, 2.75) is 31.9 Å². The van der Waals surface area contributed by atoms with Gasteiger partial charge >= 0.3 is 0 Å². The molecule has 0 aliphatic heterocycles. The molecule has 0 aliphatic rings. The monoisotopic (exact) mass is 307 g/mol. The zero-order chi connectivity index (χ0) is 15.5. The van der Waals surface area contributed by atoms with Crippen LogP contribution >= 0.6 is 11.6 Å². The van der Waals surface area contributed by atoms with Crippen molar-refractivity contribution in [2.75, 3.05) is 6.54 Å². The number of rotatable bonds is 6. The van der Waals surface area contributed by atoms with Crippen LogP contribution in [0.5, 0.6) is 0 Å². The molecule has 0 saturated carbocycles. The molecule has 0 amide bonds. The SMILES string of the molecule is CCC(NCC(C)(O)c1cnn(C)c1)c1ccc(Cl)cc1. The Morgan fingerprint density at radius 3 is 2.57 bits per heavy atom. The number of aromatic nitrogens is 2. The van der Waals surface area contributed by atoms with Gasteiger partial charge in [-0.1, -0.05) is 30.7 Å². The van der Waals surface area contributed by atoms with Gasteiger partial charge in [0, 0.05) is 36.4 Å². The van der Waals surface area contributed by atoms with E-state index in [2.05, 4.69) is 17.3 Å². The van der Waals surface area contributed by atoms with Gasteiger partial charge in [0.2, 0.25) is 0 Å². The Hall–Kier alpha value is -1.36. The molecule has 0 aliphatic carbocycles. The second kappa shape index (κ2) is 6.60. The van der Waals surface area contributed by atoms with Crippen molar-refractivity contribution in [3.05, 3.63) is 52.8 Å². The zero-order valence-electron chi connectivity index (χ0n) is 12.7. The maximum atomic E-state index is 10.6. The summed E-state index contributed by atoms with van der Waals surface area (Å²) in [7, 11) is 1.84. The minimum atomic E-state index is -0.950. The highest BCUT2D eigenvalue weighted by molar-refractivity contribution is 6.30. The Labute approximate surface area is 130 Å². The Bertz CT molecular complexity index is 577. The van der Waals surface area contributed by atoms with Gasteiger partial charge in [-0.15, -0.1) is 0 Å². The van der Waals surface area contributed by atoms with E-state index in [-0.39, 0.29) is 6.04 Å². The molecule has 2 atom stereocenters. The average Bonchev–Trinajstić information content (AvgIpc) is 2.89. The molecule has 4 nitrogen and oxygen atoms in total. The Balaban J connectivity index is 2.04. The number of benzene rings is 1. The van der Waals surface area contributed by atoms with E-state index in [1.54, 1.807) is 17.8 Å². The highest BCUT2D eigenvalue weighted by Gasteiger charge is 2.25. The van der Waals surface area contributed by atoms with Crippen molar-refractivity contribution < 1.29 is 5.11 Å². The first-order valence-electron chi connectivity index (χ1n) is 7.12. The van der Waals surface area contributed by atoms with Gasteiger partial charge in [0.15, 0.2) is 0 Å². The molecule has 0 saturated heterocycles. The van der Waals surface area contributed by atoms with Crippen LogP contribution in [0.1, 0.15) is 37.4 Å². The summed E-state index contributed by atoms with van der Waals surface area (Å²) in [6.07, 6.45) is 4.47. The third-order valence-corrected chi connectivity index (χ3v) is 3.95. The molecule has 21 heavy (non-hydrogen) atoms. The van der Waals surface area contributed by atoms with Crippen molar-refractivity contribution in [3.63, 3.8) is 0 Å². The Morgan fingerprint density at radius 2 is 2.05 bits per heavy atom. The number of hydrogen-bond acceptors (Lipinski definition) is 3. The molecule has 2 N–H and O–H groups in total. The van der Waals surface area contributed by atoms with Gasteiger partial charge in [0.25, 0.3) is 0 Å². The predicted molar refractivity (Wildman–Crippen MR) is 85.3 cm³/mol. The molecule has 1 aromatic carbocycles. The van der Waals surface area contributed by atoms with Gasteiger partial charge in [-0.05, 0) is 31.0 Å². The van der Waals surface area contributed by atoms with Crippen LogP contribution in [0.4, 0.5) is 0 Å². The minimum Gasteiger partial charge on any atom is -0.384 e. The summed E-state index contributed by atoms with van der Waals surface area (Å²) >= 11 is 5.92. The van der Waals surface area contributed by atoms with Crippen molar-refractivity contribution in [3.8, 4) is 0 Å². The molecule has 0 bridgehead atoms. The molecule has 2 aromatic rings. The van der Waals surface area contributed by atoms with E-state index < -0.39 is 5.60 Å². The lowest BCUT2D eigenvalue weighted by molar-refractivity contribution is 0.0535. The highest BCUT2D eigenvalue weighted by atomic mass is 35.5. The van der Waals surface area contributed by atoms with Crippen LogP contribution in [-0.2, 0) is 12.6 Å². The molecule has 0 spiro atoms. The van der Waals surface area contributed by atoms with E-state index in [0.29, 0.717) is 6.54 Å². The van der Waals surface area contributed by atoms with Gasteiger partial charge in [0.1, 0.15) is 5.60 Å². The third kappa shape index (κ3) is 4.06. The number of nitrogens with zero attached hydrogens (tertiary/aromatic N) is 2. The summed E-state index contributed by atoms with van der Waals surface area (Å²) in [6, 6.07) is 8.00. The second-order valence-corrected chi connectivity index (χ2v) is 6.01. The van der Waals surface area contributed by atoms with Crippen molar-refractivity contribution in [2.24, 2.45) is 7.05 Å². The van der Waals surface area contributed by atoms with Crippen LogP contribution in [0.15, 0.2) is 36.7 Å². The fraction of sp³-hybridized carbons (Fsp3) is 0.438. The molecule has 2 unspecified atom stereocenters. The fourth-order valence-electron chi connectivity index (χ4n) is 2.32. The van der Waals surface area contributed by atoms with E-state index >= 15 is 0 Å². The number of nitrogens with one attached hydrogen (secondary N) is 1. The third-order valence-electron chi connectivity index (χ3n) is 3.70. The van der Waals surface area contributed by atoms with E-state index in [9.17, 15) is 5.11 Å². The van der Waals surface area contributed by atoms with E-state index in [1.165, 1.54) is 5.56 Å². The normalized spacial score (nSPS) is 15.7. The predicted octanol–water partition coefficient (Wildman–Crippen LogP) is 3.02. The van der Waals surface area contributed by atoms with Gasteiger partial charge in [-0.3, -0.25) is 4.68 Å². The molecule has 1 heterocycles. The molecule has 2 rings (SSSR count). The molecule has 5 heteroatoms. The summed E-state index contributed by atoms with van der Waals surface area (Å²) in [4.78, 5) is 0. The summed E-state index contributed by atoms with van der Waals surface area (Å²) < 4.78 is 1.69. The lowest BCUT2D eigenvalue weighted by atomic mass is 9.97. The van der Waals surface area contributed by atoms with Crippen molar-refractivity contribution in [1.82, 2.24) is 15.1 Å². The van der Waals surface area contributed by atoms with Crippen LogP contribution in [0.3, 0.4) is 0 Å². The van der Waals surface area contributed by atoms with Gasteiger partial charge in [0.05, 0.1) is 6.20 Å². The standard InChI is InChI=1S/C16H22ClN3O/c1-4-15(12-5-7-14(17)8-6-12)18-11-16(2,21)13-9-19-20(3)10-13/h5-10,15,18,21H,4,11H2,1-3H3. The summed E-state index contributed by atoms with van der Waals surface area (Å²) in [5.41, 5.74) is 1.03. The van der Waals surface area contributed by atoms with Crippen LogP contribution in [0.2, 0.25) is 5.02 Å². The highest BCUT2D eigenvalue weighted by Crippen LogP contribution is 2.23. The zero-order valence-corrected chi connectivity index (χ0v) is 13.4. The first-order valence-corrected chi connectivity index (χ1v) is 7.50. The minimum absolute atomic E-state index is 0.186. The smallest absolute Gasteiger partial charge is 0.102 e. The number of halogens is 1. The van der Waals surface area contributed by atoms with Crippen LogP contribution in [0.25, 0.3) is 0 Å². The number of hydrogen-bond donors (Lipinski definition) is 2. The summed E-state index contributed by atoms with van der Waals surface area (Å²) in [6.45, 7) is 4.37. The Morgan fingerprint density at radius 1 is 1.38 bits per heavy atom. The first kappa shape index (κ1) is 16.0. The summed E-state index contributed by atoms with van der Waals surface area (Å²) in [5.74, 6) is 0. The molecule has 0 fully saturated rings. The van der Waals surface area contributed by atoms with Crippen LogP contribution in [-0.4, -0.2) is 21.4 Å². The molecule has 114 valence electrons. The average molecular weight is 308 g/mol. The largest absolute Gasteiger partial charge is 0.384 e. The van der Waals surface area contributed by atoms with E-state index in [4.69, 9.17) is 11.6 Å². The van der Waals surface area contributed by atoms with Crippen molar-refractivity contribution >= 4 is 11.6 Å². The Kier molecular flexibility index (Phi) is 5.04. The van der Waals surface area contributed by atoms with E-state index in [1.807, 2.05) is 37.5 Å². The second-order valence-electron chi connectivity index (χ2n) is 5.57. The number of aliphatic hydroxyl groups is 1. The number of aryl methyl sites for hydroxylation is 1. The first-order chi connectivity index (χ1) is 9.92. The molecular formula is C16H22ClN3O. The summed E-state index contributed by atoms with van der Waals surface area (Å²) in [5, 5.41) is 18.9. The van der Waals surface area contributed by atoms with E-state index in [0.717, 1.165) is 17.0 Å². The maximum absolute atomic E-state index is 10.6.